The molecular formula is C18H20F3N3O4S. The minimum absolute atomic E-state index is 0.00726. The molecule has 1 amide bonds. The van der Waals surface area contributed by atoms with Gasteiger partial charge in [-0.3, -0.25) is 4.79 Å². The molecule has 11 heteroatoms. The van der Waals surface area contributed by atoms with E-state index in [4.69, 9.17) is 4.52 Å². The maximum Gasteiger partial charge on any atom is 0.416 e. The highest BCUT2D eigenvalue weighted by molar-refractivity contribution is 7.89. The van der Waals surface area contributed by atoms with Crippen molar-refractivity contribution >= 4 is 15.9 Å². The van der Waals surface area contributed by atoms with Crippen molar-refractivity contribution in [2.45, 2.75) is 50.3 Å². The Morgan fingerprint density at radius 2 is 1.93 bits per heavy atom. The first-order chi connectivity index (χ1) is 13.5. The van der Waals surface area contributed by atoms with Crippen molar-refractivity contribution in [3.63, 3.8) is 0 Å². The van der Waals surface area contributed by atoms with Crippen LogP contribution in [0.15, 0.2) is 33.7 Å². The van der Waals surface area contributed by atoms with Crippen molar-refractivity contribution in [2.24, 2.45) is 0 Å². The van der Waals surface area contributed by atoms with Gasteiger partial charge in [-0.2, -0.15) is 17.5 Å². The number of aromatic nitrogens is 1. The zero-order valence-corrected chi connectivity index (χ0v) is 16.6. The molecule has 1 saturated heterocycles. The number of sulfonamides is 1. The third kappa shape index (κ3) is 4.30. The molecule has 0 bridgehead atoms. The number of nitrogens with zero attached hydrogens (tertiary/aromatic N) is 2. The molecule has 2 heterocycles. The van der Waals surface area contributed by atoms with Crippen LogP contribution in [-0.4, -0.2) is 36.4 Å². The lowest BCUT2D eigenvalue weighted by atomic mass is 10.1. The molecule has 1 fully saturated rings. The Labute approximate surface area is 165 Å². The SMILES string of the molecule is Cc1noc(C)c1S(=O)(=O)N1CCC[C@H]1C(=O)NCc1ccc(C(F)(F)F)cc1. The summed E-state index contributed by atoms with van der Waals surface area (Å²) >= 11 is 0. The first-order valence-electron chi connectivity index (χ1n) is 8.90. The van der Waals surface area contributed by atoms with Crippen molar-refractivity contribution in [1.82, 2.24) is 14.8 Å². The molecular weight excluding hydrogens is 411 g/mol. The van der Waals surface area contributed by atoms with Gasteiger partial charge in [0.25, 0.3) is 0 Å². The van der Waals surface area contributed by atoms with Crippen LogP contribution in [0.5, 0.6) is 0 Å². The van der Waals surface area contributed by atoms with Crippen molar-refractivity contribution < 1.29 is 30.9 Å². The number of carbonyl (C=O) groups excluding carboxylic acids is 1. The fourth-order valence-electron chi connectivity index (χ4n) is 3.37. The minimum Gasteiger partial charge on any atom is -0.360 e. The van der Waals surface area contributed by atoms with E-state index in [1.165, 1.54) is 26.0 Å². The molecule has 1 aromatic heterocycles. The molecule has 0 unspecified atom stereocenters. The van der Waals surface area contributed by atoms with Crippen molar-refractivity contribution in [3.8, 4) is 0 Å². The van der Waals surface area contributed by atoms with Gasteiger partial charge in [-0.1, -0.05) is 17.3 Å². The number of rotatable bonds is 5. The molecule has 0 saturated carbocycles. The summed E-state index contributed by atoms with van der Waals surface area (Å²) in [5.41, 5.74) is -0.0807. The Morgan fingerprint density at radius 3 is 2.48 bits per heavy atom. The van der Waals surface area contributed by atoms with Crippen LogP contribution < -0.4 is 5.32 Å². The van der Waals surface area contributed by atoms with E-state index in [2.05, 4.69) is 10.5 Å². The second-order valence-electron chi connectivity index (χ2n) is 6.84. The summed E-state index contributed by atoms with van der Waals surface area (Å²) in [6.45, 7) is 3.18. The van der Waals surface area contributed by atoms with Gasteiger partial charge in [-0.05, 0) is 44.4 Å². The molecule has 0 spiro atoms. The van der Waals surface area contributed by atoms with Crippen molar-refractivity contribution in [2.75, 3.05) is 6.54 Å². The van der Waals surface area contributed by atoms with E-state index >= 15 is 0 Å². The van der Waals surface area contributed by atoms with Crippen LogP contribution in [0.2, 0.25) is 0 Å². The number of hydrogen-bond donors (Lipinski definition) is 1. The third-order valence-corrected chi connectivity index (χ3v) is 6.94. The van der Waals surface area contributed by atoms with Gasteiger partial charge in [-0.15, -0.1) is 0 Å². The van der Waals surface area contributed by atoms with Gasteiger partial charge in [0, 0.05) is 13.1 Å². The fourth-order valence-corrected chi connectivity index (χ4v) is 5.32. The second kappa shape index (κ2) is 7.79. The number of aryl methyl sites for hydroxylation is 2. The molecule has 0 radical (unpaired) electrons. The van der Waals surface area contributed by atoms with E-state index in [0.29, 0.717) is 18.4 Å². The zero-order valence-electron chi connectivity index (χ0n) is 15.8. The van der Waals surface area contributed by atoms with Crippen LogP contribution in [0, 0.1) is 13.8 Å². The highest BCUT2D eigenvalue weighted by atomic mass is 32.2. The summed E-state index contributed by atoms with van der Waals surface area (Å²) in [6.07, 6.45) is -3.57. The lowest BCUT2D eigenvalue weighted by Crippen LogP contribution is -2.45. The lowest BCUT2D eigenvalue weighted by molar-refractivity contribution is -0.137. The largest absolute Gasteiger partial charge is 0.416 e. The summed E-state index contributed by atoms with van der Waals surface area (Å²) in [4.78, 5) is 12.6. The molecule has 2 aromatic rings. The molecule has 1 aliphatic rings. The minimum atomic E-state index is -4.43. The average molecular weight is 431 g/mol. The number of benzene rings is 1. The Morgan fingerprint density at radius 1 is 1.28 bits per heavy atom. The van der Waals surface area contributed by atoms with Gasteiger partial charge in [-0.25, -0.2) is 8.42 Å². The van der Waals surface area contributed by atoms with E-state index in [-0.39, 0.29) is 29.4 Å². The zero-order chi connectivity index (χ0) is 21.4. The molecule has 1 N–H and O–H groups in total. The van der Waals surface area contributed by atoms with Crippen LogP contribution in [0.3, 0.4) is 0 Å². The molecule has 0 aliphatic carbocycles. The van der Waals surface area contributed by atoms with Crippen molar-refractivity contribution in [3.05, 3.63) is 46.8 Å². The monoisotopic (exact) mass is 431 g/mol. The van der Waals surface area contributed by atoms with Crippen LogP contribution in [-0.2, 0) is 27.5 Å². The number of nitrogens with one attached hydrogen (secondary N) is 1. The molecule has 158 valence electrons. The van der Waals surface area contributed by atoms with Crippen molar-refractivity contribution in [1.29, 1.82) is 0 Å². The quantitative estimate of drug-likeness (QED) is 0.786. The summed E-state index contributed by atoms with van der Waals surface area (Å²) in [5.74, 6) is -0.351. The maximum absolute atomic E-state index is 13.0. The van der Waals surface area contributed by atoms with Crippen LogP contribution in [0.25, 0.3) is 0 Å². The summed E-state index contributed by atoms with van der Waals surface area (Å²) in [7, 11) is -3.96. The topological polar surface area (TPSA) is 92.5 Å². The first-order valence-corrected chi connectivity index (χ1v) is 10.3. The summed E-state index contributed by atoms with van der Waals surface area (Å²) in [6, 6.07) is 3.52. The average Bonchev–Trinajstić information content (AvgIpc) is 3.27. The maximum atomic E-state index is 13.0. The normalized spacial score (nSPS) is 18.2. The number of alkyl halides is 3. The predicted octanol–water partition coefficient (Wildman–Crippen LogP) is 2.78. The first kappa shape index (κ1) is 21.3. The molecule has 1 atom stereocenters. The van der Waals surface area contributed by atoms with E-state index in [1.807, 2.05) is 0 Å². The van der Waals surface area contributed by atoms with Gasteiger partial charge in [0.1, 0.15) is 16.6 Å². The molecule has 7 nitrogen and oxygen atoms in total. The fraction of sp³-hybridized carbons (Fsp3) is 0.444. The Hall–Kier alpha value is -2.40. The van der Waals surface area contributed by atoms with Gasteiger partial charge in [0.2, 0.25) is 15.9 Å². The Balaban J connectivity index is 1.71. The van der Waals surface area contributed by atoms with Gasteiger partial charge in [0.05, 0.1) is 5.56 Å². The standard InChI is InChI=1S/C18H20F3N3O4S/c1-11-16(12(2)28-23-11)29(26,27)24-9-3-4-15(24)17(25)22-10-13-5-7-14(8-6-13)18(19,20)21/h5-8,15H,3-4,9-10H2,1-2H3,(H,22,25)/t15-/m0/s1. The van der Waals surface area contributed by atoms with Gasteiger partial charge >= 0.3 is 6.18 Å². The van der Waals surface area contributed by atoms with E-state index in [9.17, 15) is 26.4 Å². The number of amides is 1. The van der Waals surface area contributed by atoms with Crippen LogP contribution in [0.1, 0.15) is 35.4 Å². The second-order valence-corrected chi connectivity index (χ2v) is 8.67. The number of halogens is 3. The van der Waals surface area contributed by atoms with E-state index < -0.39 is 33.7 Å². The summed E-state index contributed by atoms with van der Waals surface area (Å²) in [5, 5.41) is 6.27. The van der Waals surface area contributed by atoms with E-state index in [0.717, 1.165) is 16.4 Å². The highest BCUT2D eigenvalue weighted by Crippen LogP contribution is 2.30. The lowest BCUT2D eigenvalue weighted by Gasteiger charge is -2.23. The molecule has 29 heavy (non-hydrogen) atoms. The smallest absolute Gasteiger partial charge is 0.360 e. The highest BCUT2D eigenvalue weighted by Gasteiger charge is 2.41. The Kier molecular flexibility index (Phi) is 5.72. The van der Waals surface area contributed by atoms with E-state index in [1.54, 1.807) is 0 Å². The number of carbonyl (C=O) groups is 1. The van der Waals surface area contributed by atoms with Gasteiger partial charge in [0.15, 0.2) is 5.76 Å². The molecule has 1 aliphatic heterocycles. The van der Waals surface area contributed by atoms with Crippen LogP contribution >= 0.6 is 0 Å². The predicted molar refractivity (Wildman–Crippen MR) is 96.2 cm³/mol. The number of hydrogen-bond acceptors (Lipinski definition) is 5. The summed E-state index contributed by atoms with van der Waals surface area (Å²) < 4.78 is 69.9. The molecule has 1 aromatic carbocycles. The Bertz CT molecular complexity index is 981. The molecule has 3 rings (SSSR count). The van der Waals surface area contributed by atoms with Crippen LogP contribution in [0.4, 0.5) is 13.2 Å². The third-order valence-electron chi connectivity index (χ3n) is 4.79. The van der Waals surface area contributed by atoms with Gasteiger partial charge < -0.3 is 9.84 Å².